The summed E-state index contributed by atoms with van der Waals surface area (Å²) < 4.78 is 0. The summed E-state index contributed by atoms with van der Waals surface area (Å²) in [5.74, 6) is 4.30. The molecule has 1 atom stereocenters. The molecule has 0 saturated heterocycles. The third-order valence-electron chi connectivity index (χ3n) is 9.63. The second-order valence-corrected chi connectivity index (χ2v) is 11.6. The second kappa shape index (κ2) is 11.1. The lowest BCUT2D eigenvalue weighted by Crippen LogP contribution is -2.26. The molecule has 2 saturated carbocycles. The van der Waals surface area contributed by atoms with Gasteiger partial charge in [0.25, 0.3) is 0 Å². The van der Waals surface area contributed by atoms with E-state index in [1.165, 1.54) is 94.6 Å². The molecular weight excluding hydrogens is 408 g/mol. The Morgan fingerprint density at radius 2 is 1.44 bits per heavy atom. The minimum absolute atomic E-state index is 0.760. The first-order valence-electron chi connectivity index (χ1n) is 14.2. The SMILES string of the molecule is C=CCCC1CCC(c2ccc(-c3ccc4c(c3)CCC(C3CCC(C=C)CC3)C4)cc2)CC1. The van der Waals surface area contributed by atoms with E-state index in [4.69, 9.17) is 0 Å². The molecule has 180 valence electrons. The van der Waals surface area contributed by atoms with Crippen molar-refractivity contribution in [1.82, 2.24) is 0 Å². The van der Waals surface area contributed by atoms with E-state index < -0.39 is 0 Å². The molecule has 0 heterocycles. The molecule has 0 amide bonds. The van der Waals surface area contributed by atoms with Crippen LogP contribution in [0.15, 0.2) is 67.8 Å². The Kier molecular flexibility index (Phi) is 7.73. The molecule has 5 rings (SSSR count). The molecule has 0 spiro atoms. The van der Waals surface area contributed by atoms with Gasteiger partial charge in [-0.05, 0) is 141 Å². The van der Waals surface area contributed by atoms with Gasteiger partial charge in [0.15, 0.2) is 0 Å². The maximum Gasteiger partial charge on any atom is -0.0162 e. The molecule has 0 heteroatoms. The third-order valence-corrected chi connectivity index (χ3v) is 9.63. The highest BCUT2D eigenvalue weighted by molar-refractivity contribution is 5.65. The number of benzene rings is 2. The number of allylic oxidation sites excluding steroid dienone is 2. The number of aryl methyl sites for hydroxylation is 1. The van der Waals surface area contributed by atoms with E-state index in [2.05, 4.69) is 67.8 Å². The zero-order chi connectivity index (χ0) is 23.3. The van der Waals surface area contributed by atoms with Crippen LogP contribution in [0.25, 0.3) is 11.1 Å². The van der Waals surface area contributed by atoms with Crippen molar-refractivity contribution in [3.8, 4) is 11.1 Å². The second-order valence-electron chi connectivity index (χ2n) is 11.6. The molecule has 2 aromatic carbocycles. The fourth-order valence-corrected chi connectivity index (χ4v) is 7.30. The van der Waals surface area contributed by atoms with Gasteiger partial charge in [-0.25, -0.2) is 0 Å². The largest absolute Gasteiger partial charge is 0.103 e. The van der Waals surface area contributed by atoms with Gasteiger partial charge < -0.3 is 0 Å². The van der Waals surface area contributed by atoms with Crippen molar-refractivity contribution < 1.29 is 0 Å². The maximum absolute atomic E-state index is 4.02. The number of rotatable bonds is 7. The lowest BCUT2D eigenvalue weighted by molar-refractivity contribution is 0.206. The normalized spacial score (nSPS) is 29.2. The van der Waals surface area contributed by atoms with E-state index in [0.29, 0.717) is 0 Å². The molecule has 0 aromatic heterocycles. The summed E-state index contributed by atoms with van der Waals surface area (Å²) in [4.78, 5) is 0. The smallest absolute Gasteiger partial charge is 0.0162 e. The predicted octanol–water partition coefficient (Wildman–Crippen LogP) is 9.69. The van der Waals surface area contributed by atoms with Crippen molar-refractivity contribution in [2.75, 3.05) is 0 Å². The van der Waals surface area contributed by atoms with Crippen LogP contribution < -0.4 is 0 Å². The first-order valence-corrected chi connectivity index (χ1v) is 14.2. The first kappa shape index (κ1) is 23.7. The fourth-order valence-electron chi connectivity index (χ4n) is 7.30. The zero-order valence-corrected chi connectivity index (χ0v) is 21.2. The van der Waals surface area contributed by atoms with Gasteiger partial charge in [0.05, 0.1) is 0 Å². The molecule has 2 aromatic rings. The van der Waals surface area contributed by atoms with Crippen LogP contribution in [0.5, 0.6) is 0 Å². The van der Waals surface area contributed by atoms with Gasteiger partial charge in [-0.2, -0.15) is 0 Å². The predicted molar refractivity (Wildman–Crippen MR) is 147 cm³/mol. The Balaban J connectivity index is 1.19. The van der Waals surface area contributed by atoms with Crippen LogP contribution in [0.2, 0.25) is 0 Å². The van der Waals surface area contributed by atoms with Crippen LogP contribution in [0.3, 0.4) is 0 Å². The highest BCUT2D eigenvalue weighted by Gasteiger charge is 2.29. The molecule has 0 radical (unpaired) electrons. The highest BCUT2D eigenvalue weighted by atomic mass is 14.3. The number of hydrogen-bond donors (Lipinski definition) is 0. The Bertz CT molecular complexity index is 948. The van der Waals surface area contributed by atoms with E-state index in [9.17, 15) is 0 Å². The van der Waals surface area contributed by atoms with Gasteiger partial charge in [-0.15, -0.1) is 13.2 Å². The number of fused-ring (bicyclic) bond motifs is 1. The van der Waals surface area contributed by atoms with Crippen LogP contribution in [0.1, 0.15) is 93.2 Å². The quantitative estimate of drug-likeness (QED) is 0.367. The van der Waals surface area contributed by atoms with Crippen molar-refractivity contribution in [3.63, 3.8) is 0 Å². The van der Waals surface area contributed by atoms with Gasteiger partial charge >= 0.3 is 0 Å². The molecule has 0 nitrogen and oxygen atoms in total. The molecule has 1 unspecified atom stereocenters. The van der Waals surface area contributed by atoms with E-state index in [1.54, 1.807) is 16.7 Å². The summed E-state index contributed by atoms with van der Waals surface area (Å²) in [7, 11) is 0. The summed E-state index contributed by atoms with van der Waals surface area (Å²) in [6.45, 7) is 7.91. The van der Waals surface area contributed by atoms with Crippen molar-refractivity contribution in [2.24, 2.45) is 23.7 Å². The van der Waals surface area contributed by atoms with E-state index in [0.717, 1.165) is 29.6 Å². The topological polar surface area (TPSA) is 0 Å². The zero-order valence-electron chi connectivity index (χ0n) is 21.2. The maximum atomic E-state index is 4.02. The summed E-state index contributed by atoms with van der Waals surface area (Å²) >= 11 is 0. The van der Waals surface area contributed by atoms with Crippen LogP contribution >= 0.6 is 0 Å². The van der Waals surface area contributed by atoms with Gasteiger partial charge in [-0.1, -0.05) is 54.6 Å². The highest BCUT2D eigenvalue weighted by Crippen LogP contribution is 2.41. The molecule has 3 aliphatic rings. The average molecular weight is 453 g/mol. The molecule has 0 bridgehead atoms. The average Bonchev–Trinajstić information content (AvgIpc) is 2.92. The van der Waals surface area contributed by atoms with Crippen molar-refractivity contribution in [3.05, 3.63) is 84.5 Å². The molecule has 2 fully saturated rings. The molecular formula is C34H44. The lowest BCUT2D eigenvalue weighted by Gasteiger charge is -2.36. The van der Waals surface area contributed by atoms with Gasteiger partial charge in [0, 0.05) is 0 Å². The summed E-state index contributed by atoms with van der Waals surface area (Å²) in [5, 5.41) is 0. The summed E-state index contributed by atoms with van der Waals surface area (Å²) in [6, 6.07) is 16.9. The van der Waals surface area contributed by atoms with E-state index in [-0.39, 0.29) is 0 Å². The van der Waals surface area contributed by atoms with Crippen LogP contribution in [-0.2, 0) is 12.8 Å². The number of hydrogen-bond acceptors (Lipinski definition) is 0. The van der Waals surface area contributed by atoms with E-state index >= 15 is 0 Å². The Hall–Kier alpha value is -2.08. The Morgan fingerprint density at radius 3 is 2.15 bits per heavy atom. The Labute approximate surface area is 208 Å². The summed E-state index contributed by atoms with van der Waals surface area (Å²) in [6.07, 6.45) is 21.8. The minimum Gasteiger partial charge on any atom is -0.103 e. The third kappa shape index (κ3) is 5.42. The van der Waals surface area contributed by atoms with Gasteiger partial charge in [-0.3, -0.25) is 0 Å². The lowest BCUT2D eigenvalue weighted by atomic mass is 9.69. The van der Waals surface area contributed by atoms with Gasteiger partial charge in [0.1, 0.15) is 0 Å². The first-order chi connectivity index (χ1) is 16.7. The fraction of sp³-hybridized carbons (Fsp3) is 0.529. The van der Waals surface area contributed by atoms with Crippen LogP contribution in [0.4, 0.5) is 0 Å². The standard InChI is InChI=1S/C34H44/c1-3-5-6-26-9-13-27(14-10-26)28-15-17-30(18-16-28)32-20-22-33-23-31(19-21-34(33)24-32)29-11-7-25(4-2)8-12-29/h3-4,15-18,20,22,24-27,29,31H,1-2,5-14,19,21,23H2. The molecule has 0 aliphatic heterocycles. The molecule has 34 heavy (non-hydrogen) atoms. The van der Waals surface area contributed by atoms with Crippen molar-refractivity contribution in [1.29, 1.82) is 0 Å². The van der Waals surface area contributed by atoms with Crippen LogP contribution in [-0.4, -0.2) is 0 Å². The van der Waals surface area contributed by atoms with Crippen LogP contribution in [0, 0.1) is 23.7 Å². The van der Waals surface area contributed by atoms with Crippen molar-refractivity contribution >= 4 is 0 Å². The minimum atomic E-state index is 0.760. The molecule has 0 N–H and O–H groups in total. The van der Waals surface area contributed by atoms with E-state index in [1.807, 2.05) is 0 Å². The monoisotopic (exact) mass is 452 g/mol. The van der Waals surface area contributed by atoms with Gasteiger partial charge in [0.2, 0.25) is 0 Å². The summed E-state index contributed by atoms with van der Waals surface area (Å²) in [5.41, 5.74) is 7.57. The molecule has 3 aliphatic carbocycles. The van der Waals surface area contributed by atoms with Crippen molar-refractivity contribution in [2.45, 2.75) is 89.4 Å². The Morgan fingerprint density at radius 1 is 0.706 bits per heavy atom.